The monoisotopic (exact) mass is 346 g/mol. The molecule has 136 valence electrons. The van der Waals surface area contributed by atoms with Crippen LogP contribution in [0.25, 0.3) is 0 Å². The standard InChI is InChI=1S/C16H25F3N4O/c1-12-7-3-5-9-23(12)10-6-4-8-20-15(24)13-11-22(2)21-14(13)16(17,18)19/h11-12H,3-10H2,1-2H3,(H,20,24)/t12-/m1/s1. The van der Waals surface area contributed by atoms with E-state index < -0.39 is 23.3 Å². The third-order valence-electron chi connectivity index (χ3n) is 4.44. The van der Waals surface area contributed by atoms with E-state index in [1.54, 1.807) is 0 Å². The van der Waals surface area contributed by atoms with Crippen LogP contribution in [0.4, 0.5) is 13.2 Å². The summed E-state index contributed by atoms with van der Waals surface area (Å²) in [6, 6.07) is 0.595. The molecule has 5 nitrogen and oxygen atoms in total. The molecule has 2 heterocycles. The molecule has 1 N–H and O–H groups in total. The Bertz CT molecular complexity index is 556. The zero-order valence-corrected chi connectivity index (χ0v) is 14.2. The van der Waals surface area contributed by atoms with Crippen LogP contribution in [0.2, 0.25) is 0 Å². The molecular weight excluding hydrogens is 321 g/mol. The summed E-state index contributed by atoms with van der Waals surface area (Å²) in [5.41, 5.74) is -1.56. The summed E-state index contributed by atoms with van der Waals surface area (Å²) in [5, 5.41) is 5.90. The lowest BCUT2D eigenvalue weighted by Gasteiger charge is -2.33. The molecule has 1 saturated heterocycles. The fourth-order valence-corrected chi connectivity index (χ4v) is 3.09. The number of carbonyl (C=O) groups excluding carboxylic acids is 1. The number of nitrogens with one attached hydrogen (secondary N) is 1. The first kappa shape index (κ1) is 18.8. The average Bonchev–Trinajstić information content (AvgIpc) is 2.91. The molecule has 1 atom stereocenters. The predicted molar refractivity (Wildman–Crippen MR) is 84.7 cm³/mol. The lowest BCUT2D eigenvalue weighted by molar-refractivity contribution is -0.141. The molecule has 1 fully saturated rings. The molecule has 1 aliphatic heterocycles. The lowest BCUT2D eigenvalue weighted by atomic mass is 10.0. The average molecular weight is 346 g/mol. The van der Waals surface area contributed by atoms with Crippen molar-refractivity contribution in [1.82, 2.24) is 20.0 Å². The number of hydrogen-bond acceptors (Lipinski definition) is 3. The number of rotatable bonds is 6. The number of aryl methyl sites for hydroxylation is 1. The molecule has 1 amide bonds. The van der Waals surface area contributed by atoms with Crippen molar-refractivity contribution in [1.29, 1.82) is 0 Å². The molecule has 1 aromatic heterocycles. The third kappa shape index (κ3) is 4.96. The Morgan fingerprint density at radius 2 is 2.12 bits per heavy atom. The number of piperidine rings is 1. The summed E-state index contributed by atoms with van der Waals surface area (Å²) >= 11 is 0. The van der Waals surface area contributed by atoms with Crippen LogP contribution in [0.5, 0.6) is 0 Å². The molecule has 1 aliphatic rings. The van der Waals surface area contributed by atoms with Crippen LogP contribution < -0.4 is 5.32 Å². The van der Waals surface area contributed by atoms with Crippen LogP contribution in [0.15, 0.2) is 6.20 Å². The number of likely N-dealkylation sites (tertiary alicyclic amines) is 1. The maximum atomic E-state index is 12.8. The van der Waals surface area contributed by atoms with Crippen LogP contribution >= 0.6 is 0 Å². The van der Waals surface area contributed by atoms with E-state index in [1.165, 1.54) is 26.3 Å². The van der Waals surface area contributed by atoms with E-state index in [4.69, 9.17) is 0 Å². The molecule has 0 aromatic carbocycles. The lowest BCUT2D eigenvalue weighted by Crippen LogP contribution is -2.38. The minimum Gasteiger partial charge on any atom is -0.352 e. The zero-order valence-electron chi connectivity index (χ0n) is 14.2. The number of hydrogen-bond donors (Lipinski definition) is 1. The van der Waals surface area contributed by atoms with Crippen molar-refractivity contribution in [2.45, 2.75) is 51.2 Å². The van der Waals surface area contributed by atoms with Gasteiger partial charge in [0.1, 0.15) is 0 Å². The second-order valence-corrected chi connectivity index (χ2v) is 6.41. The van der Waals surface area contributed by atoms with Gasteiger partial charge >= 0.3 is 6.18 Å². The summed E-state index contributed by atoms with van der Waals surface area (Å²) < 4.78 is 39.5. The van der Waals surface area contributed by atoms with Gasteiger partial charge in [0, 0.05) is 25.8 Å². The van der Waals surface area contributed by atoms with Crippen LogP contribution in [-0.2, 0) is 13.2 Å². The van der Waals surface area contributed by atoms with Gasteiger partial charge in [0.05, 0.1) is 5.56 Å². The van der Waals surface area contributed by atoms with Gasteiger partial charge in [-0.05, 0) is 45.7 Å². The predicted octanol–water partition coefficient (Wildman–Crippen LogP) is 2.82. The van der Waals surface area contributed by atoms with Crippen molar-refractivity contribution in [3.8, 4) is 0 Å². The van der Waals surface area contributed by atoms with Gasteiger partial charge in [0.15, 0.2) is 5.69 Å². The highest BCUT2D eigenvalue weighted by Gasteiger charge is 2.38. The molecule has 0 spiro atoms. The molecular formula is C16H25F3N4O. The highest BCUT2D eigenvalue weighted by Crippen LogP contribution is 2.30. The molecule has 1 aromatic rings. The van der Waals surface area contributed by atoms with E-state index >= 15 is 0 Å². The normalized spacial score (nSPS) is 19.5. The van der Waals surface area contributed by atoms with Gasteiger partial charge < -0.3 is 10.2 Å². The largest absolute Gasteiger partial charge is 0.435 e. The van der Waals surface area contributed by atoms with Crippen molar-refractivity contribution in [3.05, 3.63) is 17.5 Å². The smallest absolute Gasteiger partial charge is 0.352 e. The minimum atomic E-state index is -4.63. The van der Waals surface area contributed by atoms with E-state index in [2.05, 4.69) is 22.2 Å². The summed E-state index contributed by atoms with van der Waals surface area (Å²) in [7, 11) is 1.37. The number of carbonyl (C=O) groups is 1. The van der Waals surface area contributed by atoms with Crippen molar-refractivity contribution < 1.29 is 18.0 Å². The van der Waals surface area contributed by atoms with Crippen molar-refractivity contribution in [3.63, 3.8) is 0 Å². The van der Waals surface area contributed by atoms with Gasteiger partial charge in [-0.25, -0.2) is 0 Å². The van der Waals surface area contributed by atoms with Crippen LogP contribution in [0.1, 0.15) is 55.1 Å². The van der Waals surface area contributed by atoms with Crippen molar-refractivity contribution in [2.75, 3.05) is 19.6 Å². The Morgan fingerprint density at radius 3 is 2.79 bits per heavy atom. The van der Waals surface area contributed by atoms with Crippen molar-refractivity contribution in [2.24, 2.45) is 7.05 Å². The summed E-state index contributed by atoms with van der Waals surface area (Å²) in [6.45, 7) is 4.67. The van der Waals surface area contributed by atoms with Gasteiger partial charge in [-0.1, -0.05) is 6.42 Å². The Kier molecular flexibility index (Phi) is 6.26. The second-order valence-electron chi connectivity index (χ2n) is 6.41. The maximum Gasteiger partial charge on any atom is 0.435 e. The minimum absolute atomic E-state index is 0.368. The molecule has 0 radical (unpaired) electrons. The summed E-state index contributed by atoms with van der Waals surface area (Å²) in [4.78, 5) is 14.4. The Morgan fingerprint density at radius 1 is 1.38 bits per heavy atom. The quantitative estimate of drug-likeness (QED) is 0.806. The molecule has 8 heteroatoms. The van der Waals surface area contributed by atoms with E-state index in [9.17, 15) is 18.0 Å². The first-order chi connectivity index (χ1) is 11.3. The maximum absolute atomic E-state index is 12.8. The first-order valence-electron chi connectivity index (χ1n) is 8.42. The van der Waals surface area contributed by atoms with Crippen LogP contribution in [0.3, 0.4) is 0 Å². The van der Waals surface area contributed by atoms with E-state index in [-0.39, 0.29) is 0 Å². The number of halogens is 3. The highest BCUT2D eigenvalue weighted by molar-refractivity contribution is 5.95. The Balaban J connectivity index is 1.76. The first-order valence-corrected chi connectivity index (χ1v) is 8.42. The van der Waals surface area contributed by atoms with Crippen molar-refractivity contribution >= 4 is 5.91 Å². The fourth-order valence-electron chi connectivity index (χ4n) is 3.09. The molecule has 24 heavy (non-hydrogen) atoms. The summed E-state index contributed by atoms with van der Waals surface area (Å²) in [6.07, 6.45) is 1.87. The fraction of sp³-hybridized carbons (Fsp3) is 0.750. The molecule has 0 bridgehead atoms. The number of aromatic nitrogens is 2. The van der Waals surface area contributed by atoms with E-state index in [0.29, 0.717) is 12.6 Å². The van der Waals surface area contributed by atoms with Gasteiger partial charge in [0.25, 0.3) is 5.91 Å². The number of alkyl halides is 3. The van der Waals surface area contributed by atoms with Gasteiger partial charge in [-0.15, -0.1) is 0 Å². The second kappa shape index (κ2) is 8.00. The Hall–Kier alpha value is -1.57. The topological polar surface area (TPSA) is 50.2 Å². The molecule has 0 aliphatic carbocycles. The SMILES string of the molecule is C[C@@H]1CCCCN1CCCCNC(=O)c1cn(C)nc1C(F)(F)F. The highest BCUT2D eigenvalue weighted by atomic mass is 19.4. The number of unbranched alkanes of at least 4 members (excludes halogenated alkanes) is 1. The number of amides is 1. The molecule has 2 rings (SSSR count). The van der Waals surface area contributed by atoms with Gasteiger partial charge in [-0.3, -0.25) is 9.48 Å². The van der Waals surface area contributed by atoms with Crippen LogP contribution in [0, 0.1) is 0 Å². The van der Waals surface area contributed by atoms with Gasteiger partial charge in [-0.2, -0.15) is 18.3 Å². The summed E-state index contributed by atoms with van der Waals surface area (Å²) in [5.74, 6) is -0.721. The van der Waals surface area contributed by atoms with Gasteiger partial charge in [0.2, 0.25) is 0 Å². The van der Waals surface area contributed by atoms with E-state index in [1.807, 2.05) is 0 Å². The zero-order chi connectivity index (χ0) is 17.7. The molecule has 0 saturated carbocycles. The van der Waals surface area contributed by atoms with Crippen LogP contribution in [-0.4, -0.2) is 46.3 Å². The Labute approximate surface area is 140 Å². The number of nitrogens with zero attached hydrogens (tertiary/aromatic N) is 3. The molecule has 0 unspecified atom stereocenters. The van der Waals surface area contributed by atoms with E-state index in [0.717, 1.165) is 36.8 Å². The third-order valence-corrected chi connectivity index (χ3v) is 4.44.